The molecule has 0 aromatic heterocycles. The largest absolute Gasteiger partial charge is 0.480 e. The molecule has 0 aliphatic carbocycles. The molecule has 110 valence electrons. The molecule has 1 amide bonds. The first-order valence-corrected chi connectivity index (χ1v) is 7.94. The fourth-order valence-electron chi connectivity index (χ4n) is 1.55. The summed E-state index contributed by atoms with van der Waals surface area (Å²) in [6, 6.07) is 6.78. The zero-order valence-corrected chi connectivity index (χ0v) is 14.0. The number of aliphatic carboxylic acids is 1. The Bertz CT molecular complexity index is 476. The van der Waals surface area contributed by atoms with Crippen LogP contribution in [0.15, 0.2) is 33.6 Å². The van der Waals surface area contributed by atoms with E-state index < -0.39 is 12.0 Å². The lowest BCUT2D eigenvalue weighted by Gasteiger charge is -2.20. The standard InChI is InChI=1S/C14H18BrNO3S/c1-8(2)12(14(18)19)16-13(17)9(3)20-11-6-4-10(15)5-7-11/h4-9,12H,1-3H3,(H,16,17)(H,18,19)/t9?,12-/m1/s1. The predicted molar refractivity (Wildman–Crippen MR) is 83.9 cm³/mol. The molecule has 0 fully saturated rings. The van der Waals surface area contributed by atoms with Crippen LogP contribution in [0, 0.1) is 5.92 Å². The highest BCUT2D eigenvalue weighted by Crippen LogP contribution is 2.25. The summed E-state index contributed by atoms with van der Waals surface area (Å²) >= 11 is 4.75. The summed E-state index contributed by atoms with van der Waals surface area (Å²) in [5.41, 5.74) is 0. The van der Waals surface area contributed by atoms with Gasteiger partial charge >= 0.3 is 5.97 Å². The molecule has 1 unspecified atom stereocenters. The molecule has 0 saturated carbocycles. The highest BCUT2D eigenvalue weighted by Gasteiger charge is 2.25. The number of halogens is 1. The first-order chi connectivity index (χ1) is 9.31. The van der Waals surface area contributed by atoms with Crippen LogP contribution in [0.1, 0.15) is 20.8 Å². The lowest BCUT2D eigenvalue weighted by atomic mass is 10.0. The van der Waals surface area contributed by atoms with Gasteiger partial charge in [0.15, 0.2) is 0 Å². The van der Waals surface area contributed by atoms with Crippen LogP contribution in [0.3, 0.4) is 0 Å². The average molecular weight is 360 g/mol. The van der Waals surface area contributed by atoms with E-state index in [2.05, 4.69) is 21.2 Å². The zero-order valence-electron chi connectivity index (χ0n) is 11.6. The van der Waals surface area contributed by atoms with E-state index in [1.165, 1.54) is 11.8 Å². The van der Waals surface area contributed by atoms with E-state index in [1.54, 1.807) is 20.8 Å². The van der Waals surface area contributed by atoms with Crippen molar-refractivity contribution >= 4 is 39.6 Å². The fourth-order valence-corrected chi connectivity index (χ4v) is 2.70. The first kappa shape index (κ1) is 17.0. The molecule has 1 aromatic rings. The van der Waals surface area contributed by atoms with Crippen LogP contribution in [0.4, 0.5) is 0 Å². The van der Waals surface area contributed by atoms with Crippen LogP contribution in [-0.2, 0) is 9.59 Å². The molecule has 0 aliphatic rings. The SMILES string of the molecule is CC(Sc1ccc(Br)cc1)C(=O)N[C@@H](C(=O)O)C(C)C. The average Bonchev–Trinajstić information content (AvgIpc) is 2.37. The van der Waals surface area contributed by atoms with Crippen LogP contribution in [0.25, 0.3) is 0 Å². The van der Waals surface area contributed by atoms with Gasteiger partial charge in [-0.2, -0.15) is 0 Å². The number of nitrogens with one attached hydrogen (secondary N) is 1. The van der Waals surface area contributed by atoms with Gasteiger partial charge < -0.3 is 10.4 Å². The topological polar surface area (TPSA) is 66.4 Å². The lowest BCUT2D eigenvalue weighted by molar-refractivity contribution is -0.143. The maximum absolute atomic E-state index is 12.0. The third kappa shape index (κ3) is 5.17. The monoisotopic (exact) mass is 359 g/mol. The molecule has 1 aromatic carbocycles. The second-order valence-electron chi connectivity index (χ2n) is 4.78. The second-order valence-corrected chi connectivity index (χ2v) is 7.11. The first-order valence-electron chi connectivity index (χ1n) is 6.26. The summed E-state index contributed by atoms with van der Waals surface area (Å²) < 4.78 is 0.977. The predicted octanol–water partition coefficient (Wildman–Crippen LogP) is 3.16. The van der Waals surface area contributed by atoms with Crippen LogP contribution in [-0.4, -0.2) is 28.3 Å². The number of carboxylic acid groups (broad SMARTS) is 1. The van der Waals surface area contributed by atoms with Gasteiger partial charge in [0.2, 0.25) is 5.91 Å². The third-order valence-electron chi connectivity index (χ3n) is 2.73. The van der Waals surface area contributed by atoms with E-state index in [-0.39, 0.29) is 17.1 Å². The zero-order chi connectivity index (χ0) is 15.3. The van der Waals surface area contributed by atoms with Gasteiger partial charge in [-0.15, -0.1) is 11.8 Å². The Kier molecular flexibility index (Phi) is 6.55. The van der Waals surface area contributed by atoms with E-state index >= 15 is 0 Å². The number of benzene rings is 1. The molecule has 0 spiro atoms. The summed E-state index contributed by atoms with van der Waals surface area (Å²) in [5, 5.41) is 11.3. The summed E-state index contributed by atoms with van der Waals surface area (Å²) in [6.07, 6.45) is 0. The highest BCUT2D eigenvalue weighted by molar-refractivity contribution is 9.10. The van der Waals surface area contributed by atoms with E-state index in [0.29, 0.717) is 0 Å². The lowest BCUT2D eigenvalue weighted by Crippen LogP contribution is -2.46. The summed E-state index contributed by atoms with van der Waals surface area (Å²) in [6.45, 7) is 5.30. The van der Waals surface area contributed by atoms with Crippen molar-refractivity contribution in [2.75, 3.05) is 0 Å². The number of carbonyl (C=O) groups is 2. The molecule has 0 radical (unpaired) electrons. The van der Waals surface area contributed by atoms with E-state index in [9.17, 15) is 9.59 Å². The molecule has 2 N–H and O–H groups in total. The minimum Gasteiger partial charge on any atom is -0.480 e. The van der Waals surface area contributed by atoms with E-state index in [1.807, 2.05) is 24.3 Å². The number of hydrogen-bond acceptors (Lipinski definition) is 3. The number of hydrogen-bond donors (Lipinski definition) is 2. The second kappa shape index (κ2) is 7.69. The Balaban J connectivity index is 2.62. The molecule has 1 rings (SSSR count). The van der Waals surface area contributed by atoms with E-state index in [4.69, 9.17) is 5.11 Å². The van der Waals surface area contributed by atoms with Crippen molar-refractivity contribution in [2.24, 2.45) is 5.92 Å². The summed E-state index contributed by atoms with van der Waals surface area (Å²) in [4.78, 5) is 24.1. The van der Waals surface area contributed by atoms with Gasteiger partial charge in [-0.05, 0) is 37.1 Å². The van der Waals surface area contributed by atoms with Gasteiger partial charge in [-0.1, -0.05) is 29.8 Å². The van der Waals surface area contributed by atoms with Crippen molar-refractivity contribution in [1.82, 2.24) is 5.32 Å². The fraction of sp³-hybridized carbons (Fsp3) is 0.429. The number of thioether (sulfide) groups is 1. The normalized spacial score (nSPS) is 13.8. The van der Waals surface area contributed by atoms with Gasteiger partial charge in [0.25, 0.3) is 0 Å². The Hall–Kier alpha value is -1.01. The molecular weight excluding hydrogens is 342 g/mol. The minimum atomic E-state index is -1.01. The van der Waals surface area contributed by atoms with Crippen molar-refractivity contribution in [3.8, 4) is 0 Å². The van der Waals surface area contributed by atoms with Crippen LogP contribution >= 0.6 is 27.7 Å². The molecule has 0 aliphatic heterocycles. The quantitative estimate of drug-likeness (QED) is 0.765. The highest BCUT2D eigenvalue weighted by atomic mass is 79.9. The van der Waals surface area contributed by atoms with Crippen molar-refractivity contribution in [2.45, 2.75) is 37.0 Å². The van der Waals surface area contributed by atoms with Gasteiger partial charge in [-0.25, -0.2) is 4.79 Å². The Morgan fingerprint density at radius 3 is 2.20 bits per heavy atom. The van der Waals surface area contributed by atoms with Crippen molar-refractivity contribution in [3.05, 3.63) is 28.7 Å². The van der Waals surface area contributed by atoms with Gasteiger partial charge in [-0.3, -0.25) is 4.79 Å². The van der Waals surface area contributed by atoms with E-state index in [0.717, 1.165) is 9.37 Å². The molecule has 0 bridgehead atoms. The number of carbonyl (C=O) groups excluding carboxylic acids is 1. The Labute approximate surface area is 131 Å². The minimum absolute atomic E-state index is 0.152. The van der Waals surface area contributed by atoms with Crippen LogP contribution in [0.2, 0.25) is 0 Å². The smallest absolute Gasteiger partial charge is 0.326 e. The summed E-state index contributed by atoms with van der Waals surface area (Å²) in [7, 11) is 0. The van der Waals surface area contributed by atoms with Crippen molar-refractivity contribution in [1.29, 1.82) is 0 Å². The molecule has 20 heavy (non-hydrogen) atoms. The number of rotatable bonds is 6. The van der Waals surface area contributed by atoms with Gasteiger partial charge in [0.1, 0.15) is 6.04 Å². The maximum Gasteiger partial charge on any atom is 0.326 e. The Morgan fingerprint density at radius 2 is 1.75 bits per heavy atom. The summed E-state index contributed by atoms with van der Waals surface area (Å²) in [5.74, 6) is -1.42. The molecule has 2 atom stereocenters. The molecule has 0 heterocycles. The maximum atomic E-state index is 12.0. The number of amides is 1. The van der Waals surface area contributed by atoms with Crippen LogP contribution < -0.4 is 5.32 Å². The Morgan fingerprint density at radius 1 is 1.20 bits per heavy atom. The van der Waals surface area contributed by atoms with Gasteiger partial charge in [0.05, 0.1) is 5.25 Å². The third-order valence-corrected chi connectivity index (χ3v) is 4.37. The molecule has 6 heteroatoms. The molecular formula is C14H18BrNO3S. The van der Waals surface area contributed by atoms with Crippen LogP contribution in [0.5, 0.6) is 0 Å². The number of carboxylic acids is 1. The molecule has 4 nitrogen and oxygen atoms in total. The molecule has 0 saturated heterocycles. The van der Waals surface area contributed by atoms with Crippen molar-refractivity contribution < 1.29 is 14.7 Å². The van der Waals surface area contributed by atoms with Gasteiger partial charge in [0, 0.05) is 9.37 Å². The van der Waals surface area contributed by atoms with Crippen molar-refractivity contribution in [3.63, 3.8) is 0 Å².